The highest BCUT2D eigenvalue weighted by Crippen LogP contribution is 2.53. The lowest BCUT2D eigenvalue weighted by Crippen LogP contribution is -2.55. The van der Waals surface area contributed by atoms with E-state index >= 15 is 4.39 Å². The van der Waals surface area contributed by atoms with E-state index in [1.165, 1.54) is 27.7 Å². The quantitative estimate of drug-likeness (QED) is 0.261. The minimum atomic E-state index is -1.06. The highest BCUT2D eigenvalue weighted by Gasteiger charge is 2.45. The molecule has 3 aliphatic heterocycles. The number of fused-ring (bicyclic) bond motifs is 5. The summed E-state index contributed by atoms with van der Waals surface area (Å²) in [5.41, 5.74) is 5.73. The van der Waals surface area contributed by atoms with Crippen molar-refractivity contribution in [2.75, 3.05) is 44.2 Å². The van der Waals surface area contributed by atoms with Gasteiger partial charge in [0.25, 0.3) is 5.91 Å². The van der Waals surface area contributed by atoms with E-state index in [9.17, 15) is 14.4 Å². The average Bonchev–Trinajstić information content (AvgIpc) is 3.32. The van der Waals surface area contributed by atoms with Crippen LogP contribution in [0.5, 0.6) is 6.01 Å². The molecule has 3 fully saturated rings. The van der Waals surface area contributed by atoms with E-state index in [0.29, 0.717) is 41.4 Å². The van der Waals surface area contributed by atoms with E-state index in [4.69, 9.17) is 14.7 Å². The standard InChI is InChI=1S/C35H34F2N6O2/c1-21(36)33(44)43-14-13-41(19-24(43)7-10-38)32-28-17-29(37)27(25-6-2-5-22-15-23-16-26(23)31(22)25)18-30(28)39-34(40-32)45-20-35-8-3-11-42(35)12-4-9-35/h2,5-6,16-18,24,26H,1,3-4,7-9,11-15,19-20H2/t24-,26?/m0/s1. The molecule has 8 rings (SSSR count). The molecule has 2 atom stereocenters. The van der Waals surface area contributed by atoms with Gasteiger partial charge in [-0.3, -0.25) is 9.69 Å². The van der Waals surface area contributed by atoms with Gasteiger partial charge >= 0.3 is 6.01 Å². The van der Waals surface area contributed by atoms with Crippen LogP contribution >= 0.6 is 0 Å². The molecule has 1 unspecified atom stereocenters. The van der Waals surface area contributed by atoms with Crippen LogP contribution in [0.2, 0.25) is 0 Å². The molecule has 2 aliphatic carbocycles. The van der Waals surface area contributed by atoms with E-state index in [1.54, 1.807) is 6.07 Å². The molecule has 0 saturated carbocycles. The van der Waals surface area contributed by atoms with E-state index in [-0.39, 0.29) is 36.9 Å². The number of piperazine rings is 1. The molecule has 0 radical (unpaired) electrons. The van der Waals surface area contributed by atoms with E-state index in [1.807, 2.05) is 17.0 Å². The monoisotopic (exact) mass is 608 g/mol. The molecule has 10 heteroatoms. The van der Waals surface area contributed by atoms with Crippen LogP contribution < -0.4 is 9.64 Å². The number of amides is 1. The minimum absolute atomic E-state index is 0.00899. The fourth-order valence-electron chi connectivity index (χ4n) is 8.23. The molecule has 8 nitrogen and oxygen atoms in total. The van der Waals surface area contributed by atoms with E-state index in [2.05, 4.69) is 29.7 Å². The maximum atomic E-state index is 16.1. The molecule has 5 aliphatic rings. The Bertz CT molecular complexity index is 1820. The van der Waals surface area contributed by atoms with Crippen molar-refractivity contribution in [1.29, 1.82) is 5.26 Å². The van der Waals surface area contributed by atoms with Gasteiger partial charge in [0.1, 0.15) is 18.2 Å². The minimum Gasteiger partial charge on any atom is -0.461 e. The zero-order valence-electron chi connectivity index (χ0n) is 25.1. The average molecular weight is 609 g/mol. The van der Waals surface area contributed by atoms with Gasteiger partial charge in [-0.2, -0.15) is 15.2 Å². The topological polar surface area (TPSA) is 85.6 Å². The molecule has 0 spiro atoms. The lowest BCUT2D eigenvalue weighted by Gasteiger charge is -2.41. The number of halogens is 2. The van der Waals surface area contributed by atoms with Gasteiger partial charge in [-0.05, 0) is 74.0 Å². The van der Waals surface area contributed by atoms with Crippen LogP contribution in [0.4, 0.5) is 14.6 Å². The summed E-state index contributed by atoms with van der Waals surface area (Å²) in [4.78, 5) is 28.0. The Hall–Kier alpha value is -4.36. The molecule has 1 amide bonds. The van der Waals surface area contributed by atoms with Crippen molar-refractivity contribution in [3.63, 3.8) is 0 Å². The van der Waals surface area contributed by atoms with Gasteiger partial charge in [-0.1, -0.05) is 36.4 Å². The first-order chi connectivity index (χ1) is 21.8. The van der Waals surface area contributed by atoms with Crippen molar-refractivity contribution >= 4 is 22.6 Å². The van der Waals surface area contributed by atoms with Crippen molar-refractivity contribution in [3.05, 3.63) is 71.3 Å². The van der Waals surface area contributed by atoms with Gasteiger partial charge < -0.3 is 14.5 Å². The van der Waals surface area contributed by atoms with Crippen molar-refractivity contribution in [2.45, 2.75) is 56.0 Å². The molecule has 2 aromatic carbocycles. The molecular formula is C35H34F2N6O2. The summed E-state index contributed by atoms with van der Waals surface area (Å²) in [7, 11) is 0. The predicted octanol–water partition coefficient (Wildman–Crippen LogP) is 5.44. The Labute approximate surface area is 260 Å². The summed E-state index contributed by atoms with van der Waals surface area (Å²) < 4.78 is 36.4. The number of benzene rings is 2. The van der Waals surface area contributed by atoms with Crippen molar-refractivity contribution in [3.8, 4) is 23.2 Å². The SMILES string of the molecule is C=C(F)C(=O)N1CCN(c2nc(OCC34CCCN3CCC4)nc3cc(-c4cccc5c4C4C=C4C5)c(F)cc23)C[C@@H]1CC#N. The van der Waals surface area contributed by atoms with Gasteiger partial charge in [0.15, 0.2) is 5.83 Å². The van der Waals surface area contributed by atoms with Crippen molar-refractivity contribution in [1.82, 2.24) is 19.8 Å². The second kappa shape index (κ2) is 10.6. The molecule has 0 N–H and O–H groups in total. The van der Waals surface area contributed by atoms with Gasteiger partial charge in [0, 0.05) is 36.5 Å². The third-order valence-electron chi connectivity index (χ3n) is 10.5. The zero-order valence-corrected chi connectivity index (χ0v) is 25.1. The Morgan fingerprint density at radius 1 is 1.13 bits per heavy atom. The molecule has 4 heterocycles. The molecule has 1 aromatic heterocycles. The van der Waals surface area contributed by atoms with Crippen LogP contribution in [0.1, 0.15) is 49.1 Å². The largest absolute Gasteiger partial charge is 0.461 e. The third kappa shape index (κ3) is 4.67. The number of allylic oxidation sites excluding steroid dienone is 2. The summed E-state index contributed by atoms with van der Waals surface area (Å²) in [6.07, 6.45) is 7.60. The van der Waals surface area contributed by atoms with Gasteiger partial charge in [-0.25, -0.2) is 8.78 Å². The summed E-state index contributed by atoms with van der Waals surface area (Å²) >= 11 is 0. The Morgan fingerprint density at radius 2 is 1.96 bits per heavy atom. The maximum absolute atomic E-state index is 16.1. The number of nitrogens with zero attached hydrogens (tertiary/aromatic N) is 6. The number of nitriles is 1. The molecule has 45 heavy (non-hydrogen) atoms. The summed E-state index contributed by atoms with van der Waals surface area (Å²) in [6.45, 7) is 6.49. The van der Waals surface area contributed by atoms with Crippen LogP contribution in [0, 0.1) is 17.1 Å². The Kier molecular flexibility index (Phi) is 6.64. The van der Waals surface area contributed by atoms with Crippen LogP contribution in [-0.4, -0.2) is 76.6 Å². The highest BCUT2D eigenvalue weighted by molar-refractivity contribution is 5.94. The number of rotatable bonds is 7. The number of anilines is 1. The van der Waals surface area contributed by atoms with Crippen LogP contribution in [0.15, 0.2) is 54.4 Å². The lowest BCUT2D eigenvalue weighted by atomic mass is 9.93. The Balaban J connectivity index is 1.20. The fraction of sp³-hybridized carbons (Fsp3) is 0.429. The van der Waals surface area contributed by atoms with Crippen molar-refractivity contribution < 1.29 is 18.3 Å². The summed E-state index contributed by atoms with van der Waals surface area (Å²) in [5, 5.41) is 10.0. The smallest absolute Gasteiger partial charge is 0.319 e. The fourth-order valence-corrected chi connectivity index (χ4v) is 8.23. The summed E-state index contributed by atoms with van der Waals surface area (Å²) in [5.74, 6) is -1.47. The number of carbonyl (C=O) groups excluding carboxylic acids is 1. The van der Waals surface area contributed by atoms with Gasteiger partial charge in [0.05, 0.1) is 29.6 Å². The first-order valence-electron chi connectivity index (χ1n) is 15.8. The number of hydrogen-bond acceptors (Lipinski definition) is 7. The first-order valence-corrected chi connectivity index (χ1v) is 15.8. The predicted molar refractivity (Wildman–Crippen MR) is 166 cm³/mol. The first kappa shape index (κ1) is 28.1. The Morgan fingerprint density at radius 3 is 2.73 bits per heavy atom. The third-order valence-corrected chi connectivity index (χ3v) is 10.5. The number of ether oxygens (including phenoxy) is 1. The maximum Gasteiger partial charge on any atom is 0.319 e. The highest BCUT2D eigenvalue weighted by atomic mass is 19.1. The normalized spacial score (nSPS) is 22.9. The van der Waals surface area contributed by atoms with Gasteiger partial charge in [0.2, 0.25) is 0 Å². The molecule has 230 valence electrons. The van der Waals surface area contributed by atoms with Crippen LogP contribution in [0.3, 0.4) is 0 Å². The van der Waals surface area contributed by atoms with Crippen LogP contribution in [-0.2, 0) is 11.2 Å². The lowest BCUT2D eigenvalue weighted by molar-refractivity contribution is -0.131. The number of aromatic nitrogens is 2. The molecular weight excluding hydrogens is 574 g/mol. The van der Waals surface area contributed by atoms with Crippen LogP contribution in [0.25, 0.3) is 22.0 Å². The van der Waals surface area contributed by atoms with Crippen molar-refractivity contribution in [2.24, 2.45) is 0 Å². The number of hydrogen-bond donors (Lipinski definition) is 0. The summed E-state index contributed by atoms with van der Waals surface area (Å²) in [6, 6.07) is 11.1. The second-order valence-electron chi connectivity index (χ2n) is 13.0. The molecule has 0 bridgehead atoms. The zero-order chi connectivity index (χ0) is 30.9. The number of carbonyl (C=O) groups is 1. The van der Waals surface area contributed by atoms with E-state index < -0.39 is 17.8 Å². The van der Waals surface area contributed by atoms with Gasteiger partial charge in [-0.15, -0.1) is 0 Å². The molecule has 3 saturated heterocycles. The van der Waals surface area contributed by atoms with E-state index in [0.717, 1.165) is 50.8 Å². The molecule has 3 aromatic rings. The second-order valence-corrected chi connectivity index (χ2v) is 13.0.